The largest absolute Gasteiger partial charge is 0.381 e. The Morgan fingerprint density at radius 2 is 2.32 bits per heavy atom. The lowest BCUT2D eigenvalue weighted by Crippen LogP contribution is -2.31. The van der Waals surface area contributed by atoms with Crippen molar-refractivity contribution in [2.45, 2.75) is 26.3 Å². The Hall–Kier alpha value is -0.980. The molecular formula is C13H17N3OS2. The van der Waals surface area contributed by atoms with Crippen LogP contribution in [0.1, 0.15) is 19.8 Å². The van der Waals surface area contributed by atoms with Gasteiger partial charge in [0.25, 0.3) is 0 Å². The van der Waals surface area contributed by atoms with Crippen LogP contribution in [0, 0.1) is 10.2 Å². The van der Waals surface area contributed by atoms with E-state index in [1.807, 2.05) is 6.07 Å². The number of thiophene rings is 1. The first-order chi connectivity index (χ1) is 9.18. The van der Waals surface area contributed by atoms with Crippen molar-refractivity contribution in [3.8, 4) is 10.7 Å². The fraction of sp³-hybridized carbons (Fsp3) is 0.538. The molecule has 0 saturated carbocycles. The SMILES string of the molecule is CC1(Cn2c(-c3cccs3)n[nH]c2=S)CCOCC1. The monoisotopic (exact) mass is 295 g/mol. The molecule has 0 unspecified atom stereocenters. The van der Waals surface area contributed by atoms with E-state index in [0.29, 0.717) is 4.77 Å². The molecule has 1 fully saturated rings. The number of aromatic nitrogens is 3. The predicted molar refractivity (Wildman–Crippen MR) is 78.9 cm³/mol. The minimum atomic E-state index is 0.242. The van der Waals surface area contributed by atoms with Crippen molar-refractivity contribution in [1.29, 1.82) is 0 Å². The summed E-state index contributed by atoms with van der Waals surface area (Å²) in [6.07, 6.45) is 2.15. The summed E-state index contributed by atoms with van der Waals surface area (Å²) in [6.45, 7) is 4.90. The molecule has 1 saturated heterocycles. The number of ether oxygens (including phenoxy) is 1. The molecule has 1 N–H and O–H groups in total. The topological polar surface area (TPSA) is 42.8 Å². The maximum absolute atomic E-state index is 5.46. The quantitative estimate of drug-likeness (QED) is 0.882. The zero-order valence-electron chi connectivity index (χ0n) is 10.9. The first kappa shape index (κ1) is 13.0. The minimum Gasteiger partial charge on any atom is -0.381 e. The zero-order chi connectivity index (χ0) is 13.3. The van der Waals surface area contributed by atoms with Gasteiger partial charge >= 0.3 is 0 Å². The molecule has 2 aromatic heterocycles. The van der Waals surface area contributed by atoms with Crippen molar-refractivity contribution >= 4 is 23.6 Å². The summed E-state index contributed by atoms with van der Waals surface area (Å²) in [5.74, 6) is 0.952. The van der Waals surface area contributed by atoms with Crippen molar-refractivity contribution in [3.05, 3.63) is 22.3 Å². The summed E-state index contributed by atoms with van der Waals surface area (Å²) in [6, 6.07) is 4.12. The maximum Gasteiger partial charge on any atom is 0.195 e. The van der Waals surface area contributed by atoms with Crippen LogP contribution in [0.4, 0.5) is 0 Å². The molecule has 1 aliphatic heterocycles. The van der Waals surface area contributed by atoms with Gasteiger partial charge in [-0.3, -0.25) is 9.67 Å². The molecule has 1 aliphatic rings. The van der Waals surface area contributed by atoms with Crippen LogP contribution in [0.2, 0.25) is 0 Å². The molecule has 0 atom stereocenters. The van der Waals surface area contributed by atoms with E-state index in [0.717, 1.165) is 43.3 Å². The molecule has 0 amide bonds. The van der Waals surface area contributed by atoms with Crippen molar-refractivity contribution in [2.75, 3.05) is 13.2 Å². The van der Waals surface area contributed by atoms with E-state index in [4.69, 9.17) is 17.0 Å². The molecule has 0 aliphatic carbocycles. The van der Waals surface area contributed by atoms with E-state index in [1.165, 1.54) is 0 Å². The molecule has 2 aromatic rings. The number of hydrogen-bond donors (Lipinski definition) is 1. The van der Waals surface area contributed by atoms with Crippen LogP contribution in [0.15, 0.2) is 17.5 Å². The summed E-state index contributed by atoms with van der Waals surface area (Å²) in [5.41, 5.74) is 0.242. The highest BCUT2D eigenvalue weighted by atomic mass is 32.1. The van der Waals surface area contributed by atoms with E-state index in [2.05, 4.69) is 33.1 Å². The van der Waals surface area contributed by atoms with Crippen LogP contribution in [-0.4, -0.2) is 28.0 Å². The molecule has 0 radical (unpaired) electrons. The van der Waals surface area contributed by atoms with Gasteiger partial charge in [-0.05, 0) is 41.9 Å². The van der Waals surface area contributed by atoms with Gasteiger partial charge in [-0.15, -0.1) is 11.3 Å². The Bertz CT molecular complexity index is 594. The Balaban J connectivity index is 1.92. The summed E-state index contributed by atoms with van der Waals surface area (Å²) in [7, 11) is 0. The molecule has 6 heteroatoms. The maximum atomic E-state index is 5.46. The molecule has 0 spiro atoms. The van der Waals surface area contributed by atoms with Crippen LogP contribution in [0.5, 0.6) is 0 Å². The normalized spacial score (nSPS) is 18.6. The number of hydrogen-bond acceptors (Lipinski definition) is 4. The lowest BCUT2D eigenvalue weighted by molar-refractivity contribution is 0.0155. The van der Waals surface area contributed by atoms with Gasteiger partial charge in [-0.2, -0.15) is 5.10 Å². The molecule has 102 valence electrons. The smallest absolute Gasteiger partial charge is 0.195 e. The molecule has 19 heavy (non-hydrogen) atoms. The number of aromatic amines is 1. The third-order valence-corrected chi connectivity index (χ3v) is 4.92. The Labute approximate surface area is 121 Å². The van der Waals surface area contributed by atoms with Crippen LogP contribution in [0.3, 0.4) is 0 Å². The second-order valence-electron chi connectivity index (χ2n) is 5.34. The summed E-state index contributed by atoms with van der Waals surface area (Å²) >= 11 is 7.07. The minimum absolute atomic E-state index is 0.242. The standard InChI is InChI=1S/C13H17N3OS2/c1-13(4-6-17-7-5-13)9-16-11(14-15-12(16)18)10-3-2-8-19-10/h2-3,8H,4-7,9H2,1H3,(H,15,18). The number of nitrogens with one attached hydrogen (secondary N) is 1. The van der Waals surface area contributed by atoms with Crippen LogP contribution in [0.25, 0.3) is 10.7 Å². The molecule has 0 bridgehead atoms. The van der Waals surface area contributed by atoms with Gasteiger partial charge < -0.3 is 4.74 Å². The summed E-state index contributed by atoms with van der Waals surface area (Å²) < 4.78 is 8.30. The van der Waals surface area contributed by atoms with Gasteiger partial charge in [0, 0.05) is 19.8 Å². The lowest BCUT2D eigenvalue weighted by Gasteiger charge is -2.33. The lowest BCUT2D eigenvalue weighted by atomic mass is 9.82. The third-order valence-electron chi connectivity index (χ3n) is 3.74. The van der Waals surface area contributed by atoms with Gasteiger partial charge in [-0.25, -0.2) is 0 Å². The number of H-pyrrole nitrogens is 1. The number of rotatable bonds is 3. The molecule has 4 nitrogen and oxygen atoms in total. The summed E-state index contributed by atoms with van der Waals surface area (Å²) in [5, 5.41) is 9.37. The fourth-order valence-electron chi connectivity index (χ4n) is 2.46. The van der Waals surface area contributed by atoms with Crippen molar-refractivity contribution in [1.82, 2.24) is 14.8 Å². The first-order valence-electron chi connectivity index (χ1n) is 6.45. The average molecular weight is 295 g/mol. The van der Waals surface area contributed by atoms with Crippen molar-refractivity contribution in [3.63, 3.8) is 0 Å². The van der Waals surface area contributed by atoms with E-state index in [1.54, 1.807) is 11.3 Å². The Morgan fingerprint density at radius 1 is 1.53 bits per heavy atom. The second kappa shape index (κ2) is 5.19. The molecule has 0 aromatic carbocycles. The predicted octanol–water partition coefficient (Wildman–Crippen LogP) is 3.49. The zero-order valence-corrected chi connectivity index (χ0v) is 12.5. The fourth-order valence-corrected chi connectivity index (χ4v) is 3.38. The summed E-state index contributed by atoms with van der Waals surface area (Å²) in [4.78, 5) is 1.16. The van der Waals surface area contributed by atoms with E-state index < -0.39 is 0 Å². The second-order valence-corrected chi connectivity index (χ2v) is 6.67. The third kappa shape index (κ3) is 2.66. The van der Waals surface area contributed by atoms with Gasteiger partial charge in [0.1, 0.15) is 0 Å². The Morgan fingerprint density at radius 3 is 3.00 bits per heavy atom. The molecular weight excluding hydrogens is 278 g/mol. The van der Waals surface area contributed by atoms with Gasteiger partial charge in [-0.1, -0.05) is 13.0 Å². The van der Waals surface area contributed by atoms with Crippen molar-refractivity contribution < 1.29 is 4.74 Å². The average Bonchev–Trinajstić information content (AvgIpc) is 3.01. The molecule has 3 rings (SSSR count). The van der Waals surface area contributed by atoms with E-state index >= 15 is 0 Å². The number of nitrogens with zero attached hydrogens (tertiary/aromatic N) is 2. The van der Waals surface area contributed by atoms with Gasteiger partial charge in [0.2, 0.25) is 0 Å². The highest BCUT2D eigenvalue weighted by molar-refractivity contribution is 7.71. The first-order valence-corrected chi connectivity index (χ1v) is 7.74. The van der Waals surface area contributed by atoms with Gasteiger partial charge in [0.15, 0.2) is 10.6 Å². The van der Waals surface area contributed by atoms with Crippen LogP contribution < -0.4 is 0 Å². The van der Waals surface area contributed by atoms with Crippen LogP contribution in [-0.2, 0) is 11.3 Å². The van der Waals surface area contributed by atoms with E-state index in [9.17, 15) is 0 Å². The Kier molecular flexibility index (Phi) is 3.56. The van der Waals surface area contributed by atoms with Gasteiger partial charge in [0.05, 0.1) is 4.88 Å². The highest BCUT2D eigenvalue weighted by Crippen LogP contribution is 2.33. The highest BCUT2D eigenvalue weighted by Gasteiger charge is 2.29. The van der Waals surface area contributed by atoms with E-state index in [-0.39, 0.29) is 5.41 Å². The molecule has 3 heterocycles. The van der Waals surface area contributed by atoms with Crippen molar-refractivity contribution in [2.24, 2.45) is 5.41 Å². The van der Waals surface area contributed by atoms with Crippen LogP contribution >= 0.6 is 23.6 Å².